The van der Waals surface area contributed by atoms with E-state index in [1.165, 1.54) is 6.07 Å². The fraction of sp³-hybridized carbons (Fsp3) is 0.600. The van der Waals surface area contributed by atoms with Crippen molar-refractivity contribution in [2.75, 3.05) is 26.2 Å². The van der Waals surface area contributed by atoms with Crippen molar-refractivity contribution in [1.29, 1.82) is 0 Å². The average molecular weight is 266 g/mol. The van der Waals surface area contributed by atoms with Gasteiger partial charge in [-0.05, 0) is 31.9 Å². The van der Waals surface area contributed by atoms with Gasteiger partial charge in [0, 0.05) is 25.2 Å². The standard InChI is InChI=1S/C15H23FN2O/c1-12-10-18(7-8-19-12)15(2,11-17)9-13-5-3-4-6-14(13)16/h3-6,12H,7-11,17H2,1-2H3. The number of hydrogen-bond donors (Lipinski definition) is 1. The van der Waals surface area contributed by atoms with Gasteiger partial charge in [-0.3, -0.25) is 4.90 Å². The van der Waals surface area contributed by atoms with Crippen LogP contribution in [0, 0.1) is 5.82 Å². The van der Waals surface area contributed by atoms with E-state index in [2.05, 4.69) is 18.7 Å². The summed E-state index contributed by atoms with van der Waals surface area (Å²) in [6.07, 6.45) is 0.836. The van der Waals surface area contributed by atoms with E-state index in [1.54, 1.807) is 6.07 Å². The van der Waals surface area contributed by atoms with E-state index in [-0.39, 0.29) is 17.5 Å². The molecule has 0 aliphatic carbocycles. The molecule has 2 N–H and O–H groups in total. The lowest BCUT2D eigenvalue weighted by atomic mass is 9.90. The van der Waals surface area contributed by atoms with Crippen LogP contribution in [0.25, 0.3) is 0 Å². The Morgan fingerprint density at radius 2 is 2.21 bits per heavy atom. The van der Waals surface area contributed by atoms with Crippen LogP contribution in [0.1, 0.15) is 19.4 Å². The number of rotatable bonds is 4. The molecule has 1 aliphatic heterocycles. The minimum atomic E-state index is -0.222. The predicted molar refractivity (Wildman–Crippen MR) is 74.6 cm³/mol. The van der Waals surface area contributed by atoms with E-state index in [0.717, 1.165) is 18.7 Å². The van der Waals surface area contributed by atoms with Crippen molar-refractivity contribution < 1.29 is 9.13 Å². The maximum Gasteiger partial charge on any atom is 0.126 e. The molecule has 19 heavy (non-hydrogen) atoms. The molecule has 0 bridgehead atoms. The Kier molecular flexibility index (Phi) is 4.55. The summed E-state index contributed by atoms with van der Waals surface area (Å²) in [6.45, 7) is 7.10. The van der Waals surface area contributed by atoms with Crippen LogP contribution in [0.3, 0.4) is 0 Å². The first-order valence-electron chi connectivity index (χ1n) is 6.85. The number of morpholine rings is 1. The van der Waals surface area contributed by atoms with Crippen LogP contribution in [-0.4, -0.2) is 42.8 Å². The summed E-state index contributed by atoms with van der Waals surface area (Å²) in [5, 5.41) is 0. The van der Waals surface area contributed by atoms with Crippen LogP contribution < -0.4 is 5.73 Å². The molecule has 1 aliphatic rings. The lowest BCUT2D eigenvalue weighted by molar-refractivity contribution is -0.0561. The summed E-state index contributed by atoms with van der Waals surface area (Å²) >= 11 is 0. The van der Waals surface area contributed by atoms with Crippen molar-refractivity contribution in [3.63, 3.8) is 0 Å². The smallest absolute Gasteiger partial charge is 0.126 e. The third-order valence-electron chi connectivity index (χ3n) is 3.97. The topological polar surface area (TPSA) is 38.5 Å². The van der Waals surface area contributed by atoms with Crippen LogP contribution in [0.2, 0.25) is 0 Å². The lowest BCUT2D eigenvalue weighted by Gasteiger charge is -2.44. The summed E-state index contributed by atoms with van der Waals surface area (Å²) < 4.78 is 19.4. The van der Waals surface area contributed by atoms with Gasteiger partial charge < -0.3 is 10.5 Å². The van der Waals surface area contributed by atoms with Gasteiger partial charge in [0.25, 0.3) is 0 Å². The number of benzene rings is 1. The van der Waals surface area contributed by atoms with Crippen molar-refractivity contribution in [3.05, 3.63) is 35.6 Å². The molecule has 0 aromatic heterocycles. The molecule has 1 saturated heterocycles. The molecule has 106 valence electrons. The fourth-order valence-corrected chi connectivity index (χ4v) is 2.67. The Labute approximate surface area is 114 Å². The third-order valence-corrected chi connectivity index (χ3v) is 3.97. The first kappa shape index (κ1) is 14.4. The molecule has 1 fully saturated rings. The molecule has 0 spiro atoms. The number of ether oxygens (including phenoxy) is 1. The Balaban J connectivity index is 2.15. The summed E-state index contributed by atoms with van der Waals surface area (Å²) in [7, 11) is 0. The van der Waals surface area contributed by atoms with Crippen molar-refractivity contribution in [3.8, 4) is 0 Å². The van der Waals surface area contributed by atoms with Crippen molar-refractivity contribution >= 4 is 0 Å². The second-order valence-corrected chi connectivity index (χ2v) is 5.60. The van der Waals surface area contributed by atoms with Gasteiger partial charge in [-0.25, -0.2) is 4.39 Å². The number of halogens is 1. The van der Waals surface area contributed by atoms with E-state index >= 15 is 0 Å². The van der Waals surface area contributed by atoms with Gasteiger partial charge >= 0.3 is 0 Å². The molecule has 1 aromatic rings. The zero-order chi connectivity index (χ0) is 13.9. The second-order valence-electron chi connectivity index (χ2n) is 5.60. The quantitative estimate of drug-likeness (QED) is 0.903. The van der Waals surface area contributed by atoms with Gasteiger partial charge in [0.2, 0.25) is 0 Å². The molecule has 4 heteroatoms. The molecule has 2 unspecified atom stereocenters. The molecule has 0 radical (unpaired) electrons. The fourth-order valence-electron chi connectivity index (χ4n) is 2.67. The van der Waals surface area contributed by atoms with E-state index in [4.69, 9.17) is 10.5 Å². The van der Waals surface area contributed by atoms with E-state index in [9.17, 15) is 4.39 Å². The van der Waals surface area contributed by atoms with Crippen LogP contribution in [0.15, 0.2) is 24.3 Å². The molecule has 0 saturated carbocycles. The number of hydrogen-bond acceptors (Lipinski definition) is 3. The van der Waals surface area contributed by atoms with Gasteiger partial charge in [-0.1, -0.05) is 18.2 Å². The first-order chi connectivity index (χ1) is 9.05. The highest BCUT2D eigenvalue weighted by molar-refractivity contribution is 5.20. The minimum absolute atomic E-state index is 0.150. The monoisotopic (exact) mass is 266 g/mol. The van der Waals surface area contributed by atoms with Crippen molar-refractivity contribution in [2.45, 2.75) is 31.9 Å². The Hall–Kier alpha value is -0.970. The van der Waals surface area contributed by atoms with Crippen LogP contribution in [0.4, 0.5) is 4.39 Å². The van der Waals surface area contributed by atoms with E-state index in [0.29, 0.717) is 19.6 Å². The number of nitrogens with two attached hydrogens (primary N) is 1. The predicted octanol–water partition coefficient (Wildman–Crippen LogP) is 1.81. The third kappa shape index (κ3) is 3.32. The molecular weight excluding hydrogens is 243 g/mol. The highest BCUT2D eigenvalue weighted by atomic mass is 19.1. The first-order valence-corrected chi connectivity index (χ1v) is 6.85. The highest BCUT2D eigenvalue weighted by Crippen LogP contribution is 2.24. The van der Waals surface area contributed by atoms with Gasteiger partial charge in [0.1, 0.15) is 5.82 Å². The minimum Gasteiger partial charge on any atom is -0.376 e. The summed E-state index contributed by atoms with van der Waals surface area (Å²) in [6, 6.07) is 6.94. The van der Waals surface area contributed by atoms with Crippen molar-refractivity contribution in [1.82, 2.24) is 4.90 Å². The molecule has 2 rings (SSSR count). The van der Waals surface area contributed by atoms with Gasteiger partial charge in [-0.15, -0.1) is 0 Å². The molecule has 2 atom stereocenters. The molecule has 0 amide bonds. The Morgan fingerprint density at radius 1 is 1.47 bits per heavy atom. The van der Waals surface area contributed by atoms with Gasteiger partial charge in [-0.2, -0.15) is 0 Å². The lowest BCUT2D eigenvalue weighted by Crippen LogP contribution is -2.58. The molecule has 3 nitrogen and oxygen atoms in total. The zero-order valence-electron chi connectivity index (χ0n) is 11.7. The van der Waals surface area contributed by atoms with Crippen molar-refractivity contribution in [2.24, 2.45) is 5.73 Å². The van der Waals surface area contributed by atoms with Gasteiger partial charge in [0.15, 0.2) is 0 Å². The Bertz CT molecular complexity index is 426. The largest absolute Gasteiger partial charge is 0.376 e. The van der Waals surface area contributed by atoms with E-state index in [1.807, 2.05) is 12.1 Å². The second kappa shape index (κ2) is 5.99. The maximum atomic E-state index is 13.8. The summed E-state index contributed by atoms with van der Waals surface area (Å²) in [4.78, 5) is 2.33. The zero-order valence-corrected chi connectivity index (χ0v) is 11.7. The summed E-state index contributed by atoms with van der Waals surface area (Å²) in [5.74, 6) is -0.150. The summed E-state index contributed by atoms with van der Waals surface area (Å²) in [5.41, 5.74) is 6.49. The Morgan fingerprint density at radius 3 is 2.84 bits per heavy atom. The van der Waals surface area contributed by atoms with Crippen LogP contribution in [-0.2, 0) is 11.2 Å². The molecule has 1 aromatic carbocycles. The van der Waals surface area contributed by atoms with Gasteiger partial charge in [0.05, 0.1) is 12.7 Å². The molecule has 1 heterocycles. The number of nitrogens with zero attached hydrogens (tertiary/aromatic N) is 1. The van der Waals surface area contributed by atoms with E-state index < -0.39 is 0 Å². The molecular formula is C15H23FN2O. The normalized spacial score (nSPS) is 24.1. The van der Waals surface area contributed by atoms with Crippen LogP contribution in [0.5, 0.6) is 0 Å². The van der Waals surface area contributed by atoms with Crippen LogP contribution >= 0.6 is 0 Å². The maximum absolute atomic E-state index is 13.8. The SMILES string of the molecule is CC1CN(C(C)(CN)Cc2ccccc2F)CCO1. The highest BCUT2D eigenvalue weighted by Gasteiger charge is 2.34. The average Bonchev–Trinajstić information content (AvgIpc) is 2.41.